The van der Waals surface area contributed by atoms with E-state index in [9.17, 15) is 0 Å². The Morgan fingerprint density at radius 2 is 2.17 bits per heavy atom. The molecule has 0 aliphatic rings. The summed E-state index contributed by atoms with van der Waals surface area (Å²) in [5.74, 6) is 1.25. The van der Waals surface area contributed by atoms with Gasteiger partial charge in [-0.25, -0.2) is 0 Å². The molecule has 0 aromatic carbocycles. The van der Waals surface area contributed by atoms with Gasteiger partial charge in [0.15, 0.2) is 0 Å². The molecule has 0 amide bonds. The second-order valence-electron chi connectivity index (χ2n) is 4.48. The van der Waals surface area contributed by atoms with E-state index in [-0.39, 0.29) is 5.92 Å². The summed E-state index contributed by atoms with van der Waals surface area (Å²) in [5.41, 5.74) is 8.60. The zero-order chi connectivity index (χ0) is 13.1. The molecule has 0 saturated heterocycles. The number of hydrogen-bond donors (Lipinski definition) is 1. The Bertz CT molecular complexity index is 532. The quantitative estimate of drug-likeness (QED) is 0.894. The van der Waals surface area contributed by atoms with Crippen LogP contribution in [0.4, 0.5) is 0 Å². The van der Waals surface area contributed by atoms with Crippen molar-refractivity contribution >= 4 is 0 Å². The standard InChI is InChI=1S/C13H18N4O/c1-4-10(6-14)13-16-12(17-18-13)11-9(3)5-8(2)7-15-11/h5,7,10H,4,6,14H2,1-3H3. The molecule has 5 heteroatoms. The van der Waals surface area contributed by atoms with Crippen molar-refractivity contribution in [2.45, 2.75) is 33.1 Å². The highest BCUT2D eigenvalue weighted by molar-refractivity contribution is 5.54. The van der Waals surface area contributed by atoms with Gasteiger partial charge in [-0.3, -0.25) is 4.98 Å². The van der Waals surface area contributed by atoms with E-state index in [1.807, 2.05) is 13.8 Å². The third kappa shape index (κ3) is 2.41. The molecule has 0 spiro atoms. The highest BCUT2D eigenvalue weighted by atomic mass is 16.5. The van der Waals surface area contributed by atoms with Crippen molar-refractivity contribution in [2.75, 3.05) is 6.54 Å². The lowest BCUT2D eigenvalue weighted by Crippen LogP contribution is -2.11. The molecule has 1 atom stereocenters. The topological polar surface area (TPSA) is 77.8 Å². The first-order valence-electron chi connectivity index (χ1n) is 6.13. The second-order valence-corrected chi connectivity index (χ2v) is 4.48. The Kier molecular flexibility index (Phi) is 3.72. The maximum absolute atomic E-state index is 5.67. The molecule has 2 aromatic rings. The Labute approximate surface area is 106 Å². The van der Waals surface area contributed by atoms with Gasteiger partial charge in [-0.05, 0) is 31.4 Å². The molecule has 0 saturated carbocycles. The zero-order valence-electron chi connectivity index (χ0n) is 11.0. The lowest BCUT2D eigenvalue weighted by Gasteiger charge is -2.04. The molecule has 2 N–H and O–H groups in total. The van der Waals surface area contributed by atoms with Crippen molar-refractivity contribution in [3.8, 4) is 11.5 Å². The fourth-order valence-corrected chi connectivity index (χ4v) is 1.89. The third-order valence-corrected chi connectivity index (χ3v) is 3.00. The van der Waals surface area contributed by atoms with Crippen molar-refractivity contribution in [3.63, 3.8) is 0 Å². The maximum Gasteiger partial charge on any atom is 0.231 e. The maximum atomic E-state index is 5.67. The van der Waals surface area contributed by atoms with E-state index in [0.717, 1.165) is 23.2 Å². The van der Waals surface area contributed by atoms with Crippen LogP contribution in [0.15, 0.2) is 16.8 Å². The molecule has 2 rings (SSSR count). The molecule has 0 aliphatic carbocycles. The number of rotatable bonds is 4. The van der Waals surface area contributed by atoms with Crippen LogP contribution in [-0.4, -0.2) is 21.7 Å². The van der Waals surface area contributed by atoms with Gasteiger partial charge < -0.3 is 10.3 Å². The lowest BCUT2D eigenvalue weighted by molar-refractivity contribution is 0.351. The molecule has 5 nitrogen and oxygen atoms in total. The van der Waals surface area contributed by atoms with Gasteiger partial charge in [-0.2, -0.15) is 4.98 Å². The summed E-state index contributed by atoms with van der Waals surface area (Å²) >= 11 is 0. The van der Waals surface area contributed by atoms with E-state index in [0.29, 0.717) is 18.3 Å². The molecular weight excluding hydrogens is 228 g/mol. The van der Waals surface area contributed by atoms with Crippen LogP contribution < -0.4 is 5.73 Å². The Hall–Kier alpha value is -1.75. The molecule has 2 aromatic heterocycles. The van der Waals surface area contributed by atoms with E-state index in [1.54, 1.807) is 6.20 Å². The summed E-state index contributed by atoms with van der Waals surface area (Å²) in [7, 11) is 0. The molecule has 0 fully saturated rings. The molecule has 0 radical (unpaired) electrons. The van der Waals surface area contributed by atoms with Gasteiger partial charge in [0.2, 0.25) is 11.7 Å². The minimum absolute atomic E-state index is 0.122. The van der Waals surface area contributed by atoms with E-state index < -0.39 is 0 Å². The van der Waals surface area contributed by atoms with Crippen molar-refractivity contribution < 1.29 is 4.52 Å². The van der Waals surface area contributed by atoms with Crippen LogP contribution in [0.1, 0.15) is 36.3 Å². The van der Waals surface area contributed by atoms with Gasteiger partial charge in [0, 0.05) is 12.7 Å². The van der Waals surface area contributed by atoms with Gasteiger partial charge in [-0.1, -0.05) is 18.1 Å². The first-order chi connectivity index (χ1) is 8.65. The van der Waals surface area contributed by atoms with Crippen LogP contribution in [0.2, 0.25) is 0 Å². The van der Waals surface area contributed by atoms with E-state index in [2.05, 4.69) is 28.1 Å². The number of pyridine rings is 1. The Morgan fingerprint density at radius 1 is 1.39 bits per heavy atom. The SMILES string of the molecule is CCC(CN)c1nc(-c2ncc(C)cc2C)no1. The summed E-state index contributed by atoms with van der Waals surface area (Å²) < 4.78 is 5.27. The summed E-state index contributed by atoms with van der Waals surface area (Å²) in [5, 5.41) is 3.99. The minimum atomic E-state index is 0.122. The first kappa shape index (κ1) is 12.7. The summed E-state index contributed by atoms with van der Waals surface area (Å²) in [6.07, 6.45) is 2.69. The summed E-state index contributed by atoms with van der Waals surface area (Å²) in [6, 6.07) is 2.05. The third-order valence-electron chi connectivity index (χ3n) is 3.00. The molecule has 1 unspecified atom stereocenters. The molecule has 96 valence electrons. The Balaban J connectivity index is 2.34. The first-order valence-corrected chi connectivity index (χ1v) is 6.13. The number of hydrogen-bond acceptors (Lipinski definition) is 5. The average molecular weight is 246 g/mol. The predicted molar refractivity (Wildman–Crippen MR) is 69.1 cm³/mol. The molecule has 0 aliphatic heterocycles. The van der Waals surface area contributed by atoms with Crippen molar-refractivity contribution in [1.29, 1.82) is 0 Å². The van der Waals surface area contributed by atoms with Crippen molar-refractivity contribution in [1.82, 2.24) is 15.1 Å². The highest BCUT2D eigenvalue weighted by Gasteiger charge is 2.18. The van der Waals surface area contributed by atoms with Crippen molar-refractivity contribution in [2.24, 2.45) is 5.73 Å². The van der Waals surface area contributed by atoms with Gasteiger partial charge in [0.05, 0.1) is 5.92 Å². The molecular formula is C13H18N4O. The largest absolute Gasteiger partial charge is 0.339 e. The van der Waals surface area contributed by atoms with E-state index in [4.69, 9.17) is 10.3 Å². The summed E-state index contributed by atoms with van der Waals surface area (Å²) in [4.78, 5) is 8.75. The number of aryl methyl sites for hydroxylation is 2. The monoisotopic (exact) mass is 246 g/mol. The van der Waals surface area contributed by atoms with Crippen molar-refractivity contribution in [3.05, 3.63) is 29.3 Å². The number of nitrogens with two attached hydrogens (primary N) is 1. The number of aromatic nitrogens is 3. The Morgan fingerprint density at radius 3 is 2.78 bits per heavy atom. The fourth-order valence-electron chi connectivity index (χ4n) is 1.89. The molecule has 0 bridgehead atoms. The highest BCUT2D eigenvalue weighted by Crippen LogP contribution is 2.22. The van der Waals surface area contributed by atoms with Crippen LogP contribution in [0, 0.1) is 13.8 Å². The zero-order valence-corrected chi connectivity index (χ0v) is 11.0. The minimum Gasteiger partial charge on any atom is -0.339 e. The molecule has 2 heterocycles. The fraction of sp³-hybridized carbons (Fsp3) is 0.462. The normalized spacial score (nSPS) is 12.7. The van der Waals surface area contributed by atoms with Gasteiger partial charge in [0.25, 0.3) is 0 Å². The van der Waals surface area contributed by atoms with Gasteiger partial charge >= 0.3 is 0 Å². The van der Waals surface area contributed by atoms with Crippen LogP contribution in [0.25, 0.3) is 11.5 Å². The second kappa shape index (κ2) is 5.27. The van der Waals surface area contributed by atoms with Crippen LogP contribution in [0.5, 0.6) is 0 Å². The molecule has 18 heavy (non-hydrogen) atoms. The predicted octanol–water partition coefficient (Wildman–Crippen LogP) is 2.20. The van der Waals surface area contributed by atoms with E-state index >= 15 is 0 Å². The number of nitrogens with zero attached hydrogens (tertiary/aromatic N) is 3. The van der Waals surface area contributed by atoms with Gasteiger partial charge in [0.1, 0.15) is 5.69 Å². The van der Waals surface area contributed by atoms with E-state index in [1.165, 1.54) is 0 Å². The van der Waals surface area contributed by atoms with Gasteiger partial charge in [-0.15, -0.1) is 0 Å². The smallest absolute Gasteiger partial charge is 0.231 e. The average Bonchev–Trinajstić information content (AvgIpc) is 2.80. The van der Waals surface area contributed by atoms with Crippen LogP contribution >= 0.6 is 0 Å². The summed E-state index contributed by atoms with van der Waals surface area (Å²) in [6.45, 7) is 6.56. The van der Waals surface area contributed by atoms with Crippen LogP contribution in [-0.2, 0) is 0 Å². The van der Waals surface area contributed by atoms with Crippen LogP contribution in [0.3, 0.4) is 0 Å². The lowest BCUT2D eigenvalue weighted by atomic mass is 10.1.